The third-order valence-corrected chi connectivity index (χ3v) is 3.39. The molecule has 17 heavy (non-hydrogen) atoms. The van der Waals surface area contributed by atoms with Crippen molar-refractivity contribution in [2.45, 2.75) is 26.7 Å². The van der Waals surface area contributed by atoms with Gasteiger partial charge >= 0.3 is 0 Å². The van der Waals surface area contributed by atoms with Crippen molar-refractivity contribution in [2.24, 2.45) is 0 Å². The molecule has 3 aromatic rings. The zero-order chi connectivity index (χ0) is 12.0. The molecule has 0 fully saturated rings. The van der Waals surface area contributed by atoms with Crippen LogP contribution < -0.4 is 0 Å². The van der Waals surface area contributed by atoms with E-state index < -0.39 is 0 Å². The minimum Gasteiger partial charge on any atom is -0.456 e. The Labute approximate surface area is 101 Å². The second-order valence-electron chi connectivity index (χ2n) is 4.93. The van der Waals surface area contributed by atoms with Crippen LogP contribution in [0.4, 0.5) is 0 Å². The molecule has 86 valence electrons. The fraction of sp³-hybridized carbons (Fsp3) is 0.250. The second kappa shape index (κ2) is 3.63. The summed E-state index contributed by atoms with van der Waals surface area (Å²) in [5.41, 5.74) is 4.62. The van der Waals surface area contributed by atoms with Crippen LogP contribution in [0.1, 0.15) is 30.9 Å². The Morgan fingerprint density at radius 3 is 2.53 bits per heavy atom. The van der Waals surface area contributed by atoms with Gasteiger partial charge in [0.2, 0.25) is 0 Å². The van der Waals surface area contributed by atoms with E-state index in [1.165, 1.54) is 21.9 Å². The van der Waals surface area contributed by atoms with Crippen molar-refractivity contribution in [3.05, 3.63) is 47.5 Å². The van der Waals surface area contributed by atoms with Crippen LogP contribution in [-0.2, 0) is 0 Å². The predicted octanol–water partition coefficient (Wildman–Crippen LogP) is 5.02. The normalized spacial score (nSPS) is 11.8. The van der Waals surface area contributed by atoms with E-state index in [4.69, 9.17) is 4.42 Å². The minimum absolute atomic E-state index is 0.485. The van der Waals surface area contributed by atoms with Crippen LogP contribution in [0, 0.1) is 6.92 Å². The van der Waals surface area contributed by atoms with Crippen molar-refractivity contribution >= 4 is 21.9 Å². The zero-order valence-corrected chi connectivity index (χ0v) is 10.4. The molecule has 1 aromatic heterocycles. The lowest BCUT2D eigenvalue weighted by molar-refractivity contribution is 0.657. The monoisotopic (exact) mass is 224 g/mol. The highest BCUT2D eigenvalue weighted by molar-refractivity contribution is 6.07. The third kappa shape index (κ3) is 1.46. The molecule has 0 saturated heterocycles. The Kier molecular flexibility index (Phi) is 2.22. The number of benzene rings is 2. The molecule has 0 bridgehead atoms. The molecule has 0 amide bonds. The van der Waals surface area contributed by atoms with Gasteiger partial charge in [0.25, 0.3) is 0 Å². The number of hydrogen-bond donors (Lipinski definition) is 0. The summed E-state index contributed by atoms with van der Waals surface area (Å²) >= 11 is 0. The maximum Gasteiger partial charge on any atom is 0.139 e. The summed E-state index contributed by atoms with van der Waals surface area (Å²) in [4.78, 5) is 0. The van der Waals surface area contributed by atoms with Gasteiger partial charge in [0.15, 0.2) is 0 Å². The first-order chi connectivity index (χ1) is 8.18. The predicted molar refractivity (Wildman–Crippen MR) is 72.5 cm³/mol. The van der Waals surface area contributed by atoms with E-state index in [1.54, 1.807) is 0 Å². The summed E-state index contributed by atoms with van der Waals surface area (Å²) in [7, 11) is 0. The molecule has 1 heteroatoms. The smallest absolute Gasteiger partial charge is 0.139 e. The van der Waals surface area contributed by atoms with Crippen molar-refractivity contribution in [1.82, 2.24) is 0 Å². The highest BCUT2D eigenvalue weighted by Gasteiger charge is 2.14. The first-order valence-corrected chi connectivity index (χ1v) is 6.09. The van der Waals surface area contributed by atoms with E-state index in [1.807, 2.05) is 12.1 Å². The number of hydrogen-bond acceptors (Lipinski definition) is 1. The van der Waals surface area contributed by atoms with Crippen molar-refractivity contribution < 1.29 is 4.42 Å². The lowest BCUT2D eigenvalue weighted by atomic mass is 9.97. The molecular weight excluding hydrogens is 208 g/mol. The molecule has 3 rings (SSSR count). The summed E-state index contributed by atoms with van der Waals surface area (Å²) in [6.07, 6.45) is 0. The number of fused-ring (bicyclic) bond motifs is 3. The highest BCUT2D eigenvalue weighted by Crippen LogP contribution is 2.35. The third-order valence-electron chi connectivity index (χ3n) is 3.39. The standard InChI is InChI=1S/C16H16O/c1-10(2)12-9-8-11(3)15-13-6-4-5-7-14(13)17-16(12)15/h4-10H,1-3H3. The maximum atomic E-state index is 6.03. The summed E-state index contributed by atoms with van der Waals surface area (Å²) in [6, 6.07) is 12.6. The first kappa shape index (κ1) is 10.4. The van der Waals surface area contributed by atoms with E-state index >= 15 is 0 Å². The SMILES string of the molecule is Cc1ccc(C(C)C)c2oc3ccccc3c12. The van der Waals surface area contributed by atoms with Crippen LogP contribution in [0.5, 0.6) is 0 Å². The lowest BCUT2D eigenvalue weighted by Crippen LogP contribution is -1.88. The van der Waals surface area contributed by atoms with Crippen molar-refractivity contribution in [1.29, 1.82) is 0 Å². The van der Waals surface area contributed by atoms with Crippen LogP contribution >= 0.6 is 0 Å². The van der Waals surface area contributed by atoms with Gasteiger partial charge in [-0.2, -0.15) is 0 Å². The molecular formula is C16H16O. The number of aryl methyl sites for hydroxylation is 1. The molecule has 0 aliphatic rings. The maximum absolute atomic E-state index is 6.03. The Morgan fingerprint density at radius 1 is 1.00 bits per heavy atom. The van der Waals surface area contributed by atoms with Gasteiger partial charge in [0.1, 0.15) is 11.2 Å². The molecule has 0 aliphatic carbocycles. The molecule has 0 N–H and O–H groups in total. The molecule has 1 heterocycles. The molecule has 0 saturated carbocycles. The number of rotatable bonds is 1. The van der Waals surface area contributed by atoms with Crippen LogP contribution in [-0.4, -0.2) is 0 Å². The molecule has 1 nitrogen and oxygen atoms in total. The Bertz CT molecular complexity index is 689. The molecule has 0 unspecified atom stereocenters. The van der Waals surface area contributed by atoms with Gasteiger partial charge < -0.3 is 4.42 Å². The Hall–Kier alpha value is -1.76. The van der Waals surface area contributed by atoms with E-state index in [2.05, 4.69) is 45.0 Å². The van der Waals surface area contributed by atoms with Crippen LogP contribution in [0.3, 0.4) is 0 Å². The van der Waals surface area contributed by atoms with Crippen LogP contribution in [0.2, 0.25) is 0 Å². The average Bonchev–Trinajstić information content (AvgIpc) is 2.68. The van der Waals surface area contributed by atoms with Crippen LogP contribution in [0.15, 0.2) is 40.8 Å². The fourth-order valence-electron chi connectivity index (χ4n) is 2.47. The van der Waals surface area contributed by atoms with Gasteiger partial charge in [-0.1, -0.05) is 44.2 Å². The quantitative estimate of drug-likeness (QED) is 0.565. The topological polar surface area (TPSA) is 13.1 Å². The highest BCUT2D eigenvalue weighted by atomic mass is 16.3. The Morgan fingerprint density at radius 2 is 1.76 bits per heavy atom. The van der Waals surface area contributed by atoms with Crippen LogP contribution in [0.25, 0.3) is 21.9 Å². The molecule has 0 atom stereocenters. The summed E-state index contributed by atoms with van der Waals surface area (Å²) in [5, 5.41) is 2.49. The van der Waals surface area contributed by atoms with E-state index in [0.29, 0.717) is 5.92 Å². The van der Waals surface area contributed by atoms with Gasteiger partial charge in [-0.15, -0.1) is 0 Å². The van der Waals surface area contributed by atoms with Gasteiger partial charge in [0, 0.05) is 10.8 Å². The molecule has 2 aromatic carbocycles. The molecule has 0 radical (unpaired) electrons. The summed E-state index contributed by atoms with van der Waals surface area (Å²) in [5.74, 6) is 0.485. The van der Waals surface area contributed by atoms with E-state index in [-0.39, 0.29) is 0 Å². The van der Waals surface area contributed by atoms with Gasteiger partial charge in [-0.05, 0) is 30.0 Å². The van der Waals surface area contributed by atoms with Gasteiger partial charge in [-0.3, -0.25) is 0 Å². The number of para-hydroxylation sites is 1. The fourth-order valence-corrected chi connectivity index (χ4v) is 2.47. The number of furan rings is 1. The molecule has 0 spiro atoms. The van der Waals surface area contributed by atoms with Gasteiger partial charge in [-0.25, -0.2) is 0 Å². The molecule has 0 aliphatic heterocycles. The average molecular weight is 224 g/mol. The summed E-state index contributed by atoms with van der Waals surface area (Å²) in [6.45, 7) is 6.56. The van der Waals surface area contributed by atoms with Crippen molar-refractivity contribution in [3.63, 3.8) is 0 Å². The Balaban J connectivity index is 2.54. The zero-order valence-electron chi connectivity index (χ0n) is 10.4. The minimum atomic E-state index is 0.485. The van der Waals surface area contributed by atoms with Crippen molar-refractivity contribution in [3.8, 4) is 0 Å². The first-order valence-electron chi connectivity index (χ1n) is 6.09. The summed E-state index contributed by atoms with van der Waals surface area (Å²) < 4.78 is 6.03. The second-order valence-corrected chi connectivity index (χ2v) is 4.93. The van der Waals surface area contributed by atoms with Crippen molar-refractivity contribution in [2.75, 3.05) is 0 Å². The van der Waals surface area contributed by atoms with E-state index in [9.17, 15) is 0 Å². The lowest BCUT2D eigenvalue weighted by Gasteiger charge is -2.07. The largest absolute Gasteiger partial charge is 0.456 e. The van der Waals surface area contributed by atoms with E-state index in [0.717, 1.165) is 11.2 Å². The van der Waals surface area contributed by atoms with Gasteiger partial charge in [0.05, 0.1) is 0 Å².